The molecule has 14 heavy (non-hydrogen) atoms. The molecule has 1 nitrogen and oxygen atoms in total. The van der Waals surface area contributed by atoms with E-state index in [1.165, 1.54) is 12.1 Å². The molecule has 1 aromatic rings. The van der Waals surface area contributed by atoms with Crippen molar-refractivity contribution in [2.75, 3.05) is 11.9 Å². The molecular formula is C10H12Cl2FN. The van der Waals surface area contributed by atoms with Crippen molar-refractivity contribution in [1.29, 1.82) is 0 Å². The molecule has 4 heteroatoms. The summed E-state index contributed by atoms with van der Waals surface area (Å²) >= 11 is 11.7. The molecule has 0 aromatic heterocycles. The summed E-state index contributed by atoms with van der Waals surface area (Å²) in [6.07, 6.45) is 2.12. The molecule has 1 rings (SSSR count). The van der Waals surface area contributed by atoms with Crippen molar-refractivity contribution >= 4 is 28.9 Å². The van der Waals surface area contributed by atoms with Crippen molar-refractivity contribution in [3.05, 3.63) is 28.0 Å². The lowest BCUT2D eigenvalue weighted by Gasteiger charge is -2.09. The molecule has 0 aliphatic heterocycles. The molecule has 0 saturated heterocycles. The lowest BCUT2D eigenvalue weighted by molar-refractivity contribution is 0.628. The first kappa shape index (κ1) is 11.6. The zero-order valence-corrected chi connectivity index (χ0v) is 9.42. The van der Waals surface area contributed by atoms with Crippen LogP contribution in [0.25, 0.3) is 0 Å². The highest BCUT2D eigenvalue weighted by molar-refractivity contribution is 6.39. The number of hydrogen-bond acceptors (Lipinski definition) is 1. The summed E-state index contributed by atoms with van der Waals surface area (Å²) in [5.74, 6) is -0.416. The van der Waals surface area contributed by atoms with Crippen LogP contribution in [0, 0.1) is 5.82 Å². The molecule has 78 valence electrons. The normalized spacial score (nSPS) is 10.3. The highest BCUT2D eigenvalue weighted by Crippen LogP contribution is 2.31. The topological polar surface area (TPSA) is 12.0 Å². The van der Waals surface area contributed by atoms with Gasteiger partial charge in [0.25, 0.3) is 0 Å². The van der Waals surface area contributed by atoms with Gasteiger partial charge in [0.15, 0.2) is 0 Å². The first-order valence-electron chi connectivity index (χ1n) is 4.53. The van der Waals surface area contributed by atoms with Gasteiger partial charge in [-0.15, -0.1) is 0 Å². The van der Waals surface area contributed by atoms with Gasteiger partial charge in [0.05, 0.1) is 15.7 Å². The minimum absolute atomic E-state index is 0.325. The van der Waals surface area contributed by atoms with Crippen LogP contribution in [0.4, 0.5) is 10.1 Å². The van der Waals surface area contributed by atoms with Crippen molar-refractivity contribution in [1.82, 2.24) is 0 Å². The van der Waals surface area contributed by atoms with Crippen molar-refractivity contribution in [2.24, 2.45) is 0 Å². The summed E-state index contributed by atoms with van der Waals surface area (Å²) in [5, 5.41) is 3.73. The van der Waals surface area contributed by atoms with E-state index < -0.39 is 5.82 Å². The molecule has 1 aromatic carbocycles. The Morgan fingerprint density at radius 3 is 2.36 bits per heavy atom. The summed E-state index contributed by atoms with van der Waals surface area (Å²) in [7, 11) is 0. The van der Waals surface area contributed by atoms with Gasteiger partial charge in [-0.1, -0.05) is 36.5 Å². The number of anilines is 1. The van der Waals surface area contributed by atoms with Crippen LogP contribution in [0.1, 0.15) is 19.8 Å². The molecule has 0 saturated carbocycles. The van der Waals surface area contributed by atoms with Gasteiger partial charge < -0.3 is 5.32 Å². The van der Waals surface area contributed by atoms with Crippen molar-refractivity contribution in [3.8, 4) is 0 Å². The molecule has 1 N–H and O–H groups in total. The van der Waals surface area contributed by atoms with Crippen LogP contribution in [-0.2, 0) is 0 Å². The van der Waals surface area contributed by atoms with E-state index in [1.807, 2.05) is 0 Å². The van der Waals surface area contributed by atoms with E-state index in [1.54, 1.807) is 0 Å². The number of halogens is 3. The average molecular weight is 236 g/mol. The Hall–Kier alpha value is -0.470. The minimum atomic E-state index is -0.416. The third-order valence-electron chi connectivity index (χ3n) is 1.84. The summed E-state index contributed by atoms with van der Waals surface area (Å²) in [6, 6.07) is 2.50. The minimum Gasteiger partial charge on any atom is -0.383 e. The molecule has 0 bridgehead atoms. The Morgan fingerprint density at radius 2 is 1.86 bits per heavy atom. The maximum absolute atomic E-state index is 12.8. The van der Waals surface area contributed by atoms with E-state index in [0.29, 0.717) is 15.7 Å². The van der Waals surface area contributed by atoms with Gasteiger partial charge in [0.2, 0.25) is 0 Å². The molecule has 0 aliphatic rings. The van der Waals surface area contributed by atoms with E-state index in [9.17, 15) is 4.39 Å². The quantitative estimate of drug-likeness (QED) is 0.766. The fourth-order valence-corrected chi connectivity index (χ4v) is 1.70. The van der Waals surface area contributed by atoms with Gasteiger partial charge in [-0.05, 0) is 18.6 Å². The molecule has 0 heterocycles. The fraction of sp³-hybridized carbons (Fsp3) is 0.400. The van der Waals surface area contributed by atoms with Gasteiger partial charge >= 0.3 is 0 Å². The highest BCUT2D eigenvalue weighted by Gasteiger charge is 2.07. The second-order valence-electron chi connectivity index (χ2n) is 3.02. The predicted molar refractivity (Wildman–Crippen MR) is 59.8 cm³/mol. The maximum Gasteiger partial charge on any atom is 0.126 e. The second-order valence-corrected chi connectivity index (χ2v) is 3.84. The van der Waals surface area contributed by atoms with Crippen LogP contribution >= 0.6 is 23.2 Å². The Kier molecular flexibility index (Phi) is 4.49. The summed E-state index contributed by atoms with van der Waals surface area (Å²) < 4.78 is 12.8. The van der Waals surface area contributed by atoms with Crippen LogP contribution in [0.3, 0.4) is 0 Å². The smallest absolute Gasteiger partial charge is 0.126 e. The molecule has 0 aliphatic carbocycles. The molecule has 0 amide bonds. The molecule has 0 fully saturated rings. The van der Waals surface area contributed by atoms with E-state index in [4.69, 9.17) is 23.2 Å². The van der Waals surface area contributed by atoms with Crippen molar-refractivity contribution in [2.45, 2.75) is 19.8 Å². The Bertz CT molecular complexity index is 292. The number of unbranched alkanes of at least 4 members (excludes halogenated alkanes) is 1. The zero-order valence-electron chi connectivity index (χ0n) is 7.91. The second kappa shape index (κ2) is 5.42. The van der Waals surface area contributed by atoms with E-state index in [-0.39, 0.29) is 0 Å². The Morgan fingerprint density at radius 1 is 1.29 bits per heavy atom. The maximum atomic E-state index is 12.8. The van der Waals surface area contributed by atoms with Crippen LogP contribution < -0.4 is 5.32 Å². The van der Waals surface area contributed by atoms with Crippen LogP contribution in [0.5, 0.6) is 0 Å². The third-order valence-corrected chi connectivity index (χ3v) is 2.44. The predicted octanol–water partition coefficient (Wildman–Crippen LogP) is 4.34. The number of rotatable bonds is 4. The SMILES string of the molecule is CCCCNc1c(Cl)cc(F)cc1Cl. The first-order chi connectivity index (χ1) is 6.65. The summed E-state index contributed by atoms with van der Waals surface area (Å²) in [4.78, 5) is 0. The van der Waals surface area contributed by atoms with Crippen molar-refractivity contribution < 1.29 is 4.39 Å². The van der Waals surface area contributed by atoms with Crippen molar-refractivity contribution in [3.63, 3.8) is 0 Å². The van der Waals surface area contributed by atoms with E-state index >= 15 is 0 Å². The average Bonchev–Trinajstić information content (AvgIpc) is 2.09. The molecule has 0 atom stereocenters. The largest absolute Gasteiger partial charge is 0.383 e. The molecule has 0 radical (unpaired) electrons. The fourth-order valence-electron chi connectivity index (χ4n) is 1.10. The molecule has 0 unspecified atom stereocenters. The number of nitrogens with one attached hydrogen (secondary N) is 1. The Balaban J connectivity index is 2.75. The summed E-state index contributed by atoms with van der Waals surface area (Å²) in [5.41, 5.74) is 0.614. The van der Waals surface area contributed by atoms with Gasteiger partial charge in [0.1, 0.15) is 5.82 Å². The van der Waals surface area contributed by atoms with Gasteiger partial charge in [-0.2, -0.15) is 0 Å². The van der Waals surface area contributed by atoms with Crippen LogP contribution in [0.2, 0.25) is 10.0 Å². The third kappa shape index (κ3) is 3.03. The van der Waals surface area contributed by atoms with Gasteiger partial charge in [0, 0.05) is 6.54 Å². The first-order valence-corrected chi connectivity index (χ1v) is 5.29. The summed E-state index contributed by atoms with van der Waals surface area (Å²) in [6.45, 7) is 2.89. The van der Waals surface area contributed by atoms with Gasteiger partial charge in [-0.25, -0.2) is 4.39 Å². The van der Waals surface area contributed by atoms with Crippen LogP contribution in [-0.4, -0.2) is 6.54 Å². The van der Waals surface area contributed by atoms with Crippen LogP contribution in [0.15, 0.2) is 12.1 Å². The number of benzene rings is 1. The lowest BCUT2D eigenvalue weighted by Crippen LogP contribution is -2.02. The standard InChI is InChI=1S/C10H12Cl2FN/c1-2-3-4-14-10-8(11)5-7(13)6-9(10)12/h5-6,14H,2-4H2,1H3. The Labute approximate surface area is 93.2 Å². The molecular weight excluding hydrogens is 224 g/mol. The van der Waals surface area contributed by atoms with E-state index in [0.717, 1.165) is 19.4 Å². The lowest BCUT2D eigenvalue weighted by atomic mass is 10.3. The van der Waals surface area contributed by atoms with E-state index in [2.05, 4.69) is 12.2 Å². The highest BCUT2D eigenvalue weighted by atomic mass is 35.5. The van der Waals surface area contributed by atoms with Gasteiger partial charge in [-0.3, -0.25) is 0 Å². The zero-order chi connectivity index (χ0) is 10.6. The monoisotopic (exact) mass is 235 g/mol. The number of hydrogen-bond donors (Lipinski definition) is 1. The molecule has 0 spiro atoms.